The Balaban J connectivity index is 1.10. The van der Waals surface area contributed by atoms with Crippen LogP contribution in [0.1, 0.15) is 48.7 Å². The molecule has 4 heterocycles. The number of nitrogens with one attached hydrogen (secondary N) is 1. The molecule has 1 amide bonds. The average molecular weight is 646 g/mol. The van der Waals surface area contributed by atoms with Gasteiger partial charge in [0.2, 0.25) is 11.8 Å². The molecule has 2 fully saturated rings. The number of rotatable bonds is 10. The van der Waals surface area contributed by atoms with Gasteiger partial charge in [-0.1, -0.05) is 23.7 Å². The van der Waals surface area contributed by atoms with E-state index in [-0.39, 0.29) is 24.3 Å². The lowest BCUT2D eigenvalue weighted by molar-refractivity contribution is -0.150. The quantitative estimate of drug-likeness (QED) is 0.190. The van der Waals surface area contributed by atoms with E-state index in [4.69, 9.17) is 31.0 Å². The molecule has 4 aromatic rings. The number of halogens is 5. The molecule has 1 N–H and O–H groups in total. The maximum absolute atomic E-state index is 14.1. The van der Waals surface area contributed by atoms with Gasteiger partial charge in [-0.15, -0.1) is 0 Å². The molecule has 0 radical (unpaired) electrons. The number of carbonyl (C=O) groups is 1. The van der Waals surface area contributed by atoms with Crippen LogP contribution in [0.4, 0.5) is 23.2 Å². The Hall–Kier alpha value is -3.74. The number of piperidine rings is 1. The van der Waals surface area contributed by atoms with Crippen LogP contribution in [0.25, 0.3) is 11.0 Å². The highest BCUT2D eigenvalue weighted by atomic mass is 35.5. The van der Waals surface area contributed by atoms with Gasteiger partial charge in [-0.25, -0.2) is 14.4 Å². The molecule has 13 heteroatoms. The molecule has 2 aromatic carbocycles. The summed E-state index contributed by atoms with van der Waals surface area (Å²) in [5.74, 6) is -0.0322. The number of hydrogen-bond donors (Lipinski definition) is 1. The number of amides is 1. The van der Waals surface area contributed by atoms with E-state index in [2.05, 4.69) is 14.8 Å². The van der Waals surface area contributed by atoms with Crippen molar-refractivity contribution in [1.82, 2.24) is 19.4 Å². The topological polar surface area (TPSA) is 81.5 Å². The first kappa shape index (κ1) is 31.3. The molecule has 2 aromatic heterocycles. The Kier molecular flexibility index (Phi) is 9.25. The fourth-order valence-electron chi connectivity index (χ4n) is 5.72. The second kappa shape index (κ2) is 13.3. The van der Waals surface area contributed by atoms with E-state index in [0.29, 0.717) is 41.7 Å². The lowest BCUT2D eigenvalue weighted by Crippen LogP contribution is -2.35. The third-order valence-electron chi connectivity index (χ3n) is 8.16. The Morgan fingerprint density at radius 2 is 1.87 bits per heavy atom. The highest BCUT2D eigenvalue weighted by molar-refractivity contribution is 6.30. The lowest BCUT2D eigenvalue weighted by Gasteiger charge is -2.32. The summed E-state index contributed by atoms with van der Waals surface area (Å²) in [6, 6.07) is 15.1. The van der Waals surface area contributed by atoms with Gasteiger partial charge < -0.3 is 19.4 Å². The van der Waals surface area contributed by atoms with E-state index in [1.165, 1.54) is 6.07 Å². The predicted octanol–water partition coefficient (Wildman–Crippen LogP) is 6.86. The van der Waals surface area contributed by atoms with Crippen LogP contribution < -0.4 is 10.1 Å². The van der Waals surface area contributed by atoms with Crippen LogP contribution in [0.3, 0.4) is 0 Å². The van der Waals surface area contributed by atoms with E-state index in [1.54, 1.807) is 36.4 Å². The van der Waals surface area contributed by atoms with Crippen LogP contribution in [-0.2, 0) is 29.2 Å². The smallest absolute Gasteiger partial charge is 0.397 e. The summed E-state index contributed by atoms with van der Waals surface area (Å²) in [5.41, 5.74) is 3.04. The minimum Gasteiger partial charge on any atom is -0.473 e. The first-order valence-electron chi connectivity index (χ1n) is 14.8. The zero-order chi connectivity index (χ0) is 31.6. The Labute approximate surface area is 262 Å². The third-order valence-corrected chi connectivity index (χ3v) is 8.39. The monoisotopic (exact) mass is 645 g/mol. The van der Waals surface area contributed by atoms with E-state index in [9.17, 15) is 22.4 Å². The predicted molar refractivity (Wildman–Crippen MR) is 161 cm³/mol. The molecule has 238 valence electrons. The largest absolute Gasteiger partial charge is 0.473 e. The standard InChI is InChI=1S/C32H32ClF4N5O3/c33-22-5-4-21(25(34)14-22)19-45-31-3-1-2-26(40-31)20-8-11-41(12-9-20)18-29-39-27-15-23(38-30(43)16-32(35,36)37)6-7-28(27)42(29)17-24-10-13-44-24/h1-7,14-15,20,24H,8-13,16-19H2,(H,38,43)/t24-/m0/s1. The number of likely N-dealkylation sites (tertiary alicyclic amines) is 1. The summed E-state index contributed by atoms with van der Waals surface area (Å²) in [6.07, 6.45) is -3.34. The summed E-state index contributed by atoms with van der Waals surface area (Å²) >= 11 is 5.84. The highest BCUT2D eigenvalue weighted by Gasteiger charge is 2.31. The van der Waals surface area contributed by atoms with Crippen molar-refractivity contribution in [3.63, 3.8) is 0 Å². The number of hydrogen-bond acceptors (Lipinski definition) is 6. The van der Waals surface area contributed by atoms with Gasteiger partial charge in [0, 0.05) is 40.6 Å². The van der Waals surface area contributed by atoms with Crippen molar-refractivity contribution >= 4 is 34.2 Å². The number of alkyl halides is 3. The second-order valence-corrected chi connectivity index (χ2v) is 11.9. The molecule has 2 aliphatic heterocycles. The van der Waals surface area contributed by atoms with Crippen molar-refractivity contribution in [2.24, 2.45) is 0 Å². The number of fused-ring (bicyclic) bond motifs is 1. The first-order valence-corrected chi connectivity index (χ1v) is 15.2. The van der Waals surface area contributed by atoms with Gasteiger partial charge in [0.05, 0.1) is 30.2 Å². The second-order valence-electron chi connectivity index (χ2n) is 11.4. The number of imidazole rings is 1. The molecule has 0 bridgehead atoms. The van der Waals surface area contributed by atoms with Gasteiger partial charge in [0.1, 0.15) is 24.7 Å². The van der Waals surface area contributed by atoms with E-state index in [0.717, 1.165) is 49.4 Å². The van der Waals surface area contributed by atoms with Crippen molar-refractivity contribution in [3.8, 4) is 5.88 Å². The zero-order valence-corrected chi connectivity index (χ0v) is 25.1. The minimum atomic E-state index is -4.58. The summed E-state index contributed by atoms with van der Waals surface area (Å²) in [5, 5.41) is 2.66. The Morgan fingerprint density at radius 3 is 2.58 bits per heavy atom. The molecule has 8 nitrogen and oxygen atoms in total. The van der Waals surface area contributed by atoms with Crippen LogP contribution in [-0.4, -0.2) is 57.3 Å². The number of anilines is 1. The van der Waals surface area contributed by atoms with Gasteiger partial charge in [-0.2, -0.15) is 13.2 Å². The molecule has 2 saturated heterocycles. The summed E-state index contributed by atoms with van der Waals surface area (Å²) in [4.78, 5) is 23.7. The minimum absolute atomic E-state index is 0.0478. The molecular weight excluding hydrogens is 614 g/mol. The lowest BCUT2D eigenvalue weighted by atomic mass is 9.93. The molecule has 6 rings (SSSR count). The van der Waals surface area contributed by atoms with E-state index >= 15 is 0 Å². The highest BCUT2D eigenvalue weighted by Crippen LogP contribution is 2.30. The van der Waals surface area contributed by atoms with Crippen molar-refractivity contribution in [2.45, 2.75) is 63.6 Å². The average Bonchev–Trinajstić information content (AvgIpc) is 3.29. The summed E-state index contributed by atoms with van der Waals surface area (Å²) in [6.45, 7) is 3.61. The molecule has 45 heavy (non-hydrogen) atoms. The molecule has 1 atom stereocenters. The van der Waals surface area contributed by atoms with Crippen molar-refractivity contribution in [3.05, 3.63) is 82.5 Å². The van der Waals surface area contributed by atoms with Crippen LogP contribution in [0.5, 0.6) is 5.88 Å². The van der Waals surface area contributed by atoms with E-state index < -0.39 is 24.3 Å². The van der Waals surface area contributed by atoms with Crippen molar-refractivity contribution in [2.75, 3.05) is 25.0 Å². The molecular formula is C32H32ClF4N5O3. The number of pyridine rings is 1. The van der Waals surface area contributed by atoms with Gasteiger partial charge >= 0.3 is 6.18 Å². The zero-order valence-electron chi connectivity index (χ0n) is 24.3. The number of aromatic nitrogens is 3. The SMILES string of the molecule is O=C(CC(F)(F)F)Nc1ccc2c(c1)nc(CN1CCC(c3cccc(OCc4ccc(Cl)cc4F)n3)CC1)n2C[C@@H]1CCO1. The first-order chi connectivity index (χ1) is 21.6. The number of benzene rings is 2. The third kappa shape index (κ3) is 7.92. The van der Waals surface area contributed by atoms with Crippen LogP contribution in [0.2, 0.25) is 5.02 Å². The Morgan fingerprint density at radius 1 is 1.07 bits per heavy atom. The van der Waals surface area contributed by atoms with Crippen LogP contribution in [0, 0.1) is 5.82 Å². The van der Waals surface area contributed by atoms with Crippen LogP contribution in [0.15, 0.2) is 54.6 Å². The normalized spacial score (nSPS) is 17.8. The number of ether oxygens (including phenoxy) is 2. The van der Waals surface area contributed by atoms with Crippen LogP contribution >= 0.6 is 11.6 Å². The fourth-order valence-corrected chi connectivity index (χ4v) is 5.88. The van der Waals surface area contributed by atoms with E-state index in [1.807, 2.05) is 12.1 Å². The maximum atomic E-state index is 14.1. The molecule has 0 aliphatic carbocycles. The van der Waals surface area contributed by atoms with Gasteiger partial charge in [0.15, 0.2) is 0 Å². The number of carbonyl (C=O) groups excluding carboxylic acids is 1. The van der Waals surface area contributed by atoms with Gasteiger partial charge in [0.25, 0.3) is 0 Å². The molecule has 0 saturated carbocycles. The maximum Gasteiger partial charge on any atom is 0.397 e. The van der Waals surface area contributed by atoms with Gasteiger partial charge in [-0.05, 0) is 68.8 Å². The summed E-state index contributed by atoms with van der Waals surface area (Å²) < 4.78 is 65.6. The summed E-state index contributed by atoms with van der Waals surface area (Å²) in [7, 11) is 0. The molecule has 2 aliphatic rings. The fraction of sp³-hybridized carbons (Fsp3) is 0.406. The molecule has 0 unspecified atom stereocenters. The van der Waals surface area contributed by atoms with Crippen molar-refractivity contribution < 1.29 is 31.8 Å². The van der Waals surface area contributed by atoms with Gasteiger partial charge in [-0.3, -0.25) is 9.69 Å². The Bertz CT molecular complexity index is 1670. The van der Waals surface area contributed by atoms with Crippen molar-refractivity contribution in [1.29, 1.82) is 0 Å². The number of nitrogens with zero attached hydrogens (tertiary/aromatic N) is 4. The molecule has 0 spiro atoms.